The summed E-state index contributed by atoms with van der Waals surface area (Å²) in [5.74, 6) is 0.758. The van der Waals surface area contributed by atoms with Crippen LogP contribution in [0.1, 0.15) is 18.5 Å². The van der Waals surface area contributed by atoms with E-state index in [1.54, 1.807) is 45.4 Å². The first kappa shape index (κ1) is 22.0. The van der Waals surface area contributed by atoms with Crippen LogP contribution in [0.4, 0.5) is 0 Å². The van der Waals surface area contributed by atoms with Crippen molar-refractivity contribution in [3.05, 3.63) is 66.2 Å². The number of nitrogens with one attached hydrogen (secondary N) is 1. The van der Waals surface area contributed by atoms with Crippen molar-refractivity contribution >= 4 is 22.6 Å². The molecule has 0 aliphatic heterocycles. The van der Waals surface area contributed by atoms with Gasteiger partial charge in [0.05, 0.1) is 20.3 Å². The van der Waals surface area contributed by atoms with Gasteiger partial charge in [-0.1, -0.05) is 30.3 Å². The van der Waals surface area contributed by atoms with E-state index in [0.717, 1.165) is 16.3 Å². The fraction of sp³-hybridized carbons (Fsp3) is 0.250. The Bertz CT molecular complexity index is 1060. The third-order valence-corrected chi connectivity index (χ3v) is 4.72. The zero-order valence-corrected chi connectivity index (χ0v) is 17.7. The molecule has 31 heavy (non-hydrogen) atoms. The molecule has 0 heterocycles. The molecule has 7 nitrogen and oxygen atoms in total. The van der Waals surface area contributed by atoms with E-state index >= 15 is 0 Å². The molecule has 0 unspecified atom stereocenters. The second-order valence-electron chi connectivity index (χ2n) is 6.86. The smallest absolute Gasteiger partial charge is 0.344 e. The maximum atomic E-state index is 12.2. The van der Waals surface area contributed by atoms with E-state index in [2.05, 4.69) is 5.32 Å². The second kappa shape index (κ2) is 10.3. The summed E-state index contributed by atoms with van der Waals surface area (Å²) in [7, 11) is 3.12. The van der Waals surface area contributed by atoms with Crippen molar-refractivity contribution in [2.45, 2.75) is 13.0 Å². The van der Waals surface area contributed by atoms with E-state index in [9.17, 15) is 9.59 Å². The monoisotopic (exact) mass is 423 g/mol. The van der Waals surface area contributed by atoms with Crippen LogP contribution in [0.25, 0.3) is 10.8 Å². The summed E-state index contributed by atoms with van der Waals surface area (Å²) in [5, 5.41) is 4.87. The first-order valence-corrected chi connectivity index (χ1v) is 9.78. The van der Waals surface area contributed by atoms with Crippen LogP contribution in [-0.4, -0.2) is 39.3 Å². The molecule has 3 aromatic rings. The van der Waals surface area contributed by atoms with Gasteiger partial charge >= 0.3 is 5.97 Å². The predicted molar refractivity (Wildman–Crippen MR) is 117 cm³/mol. The number of ether oxygens (including phenoxy) is 4. The molecule has 1 atom stereocenters. The molecule has 3 rings (SSSR count). The highest BCUT2D eigenvalue weighted by molar-refractivity contribution is 5.84. The maximum absolute atomic E-state index is 12.2. The average molecular weight is 423 g/mol. The molecule has 0 aromatic heterocycles. The highest BCUT2D eigenvalue weighted by Gasteiger charge is 2.16. The fourth-order valence-corrected chi connectivity index (χ4v) is 3.13. The normalized spacial score (nSPS) is 11.5. The highest BCUT2D eigenvalue weighted by Crippen LogP contribution is 2.29. The van der Waals surface area contributed by atoms with Crippen molar-refractivity contribution in [3.63, 3.8) is 0 Å². The zero-order valence-electron chi connectivity index (χ0n) is 17.7. The van der Waals surface area contributed by atoms with Crippen molar-refractivity contribution in [2.24, 2.45) is 0 Å². The Labute approximate surface area is 180 Å². The summed E-state index contributed by atoms with van der Waals surface area (Å²) in [4.78, 5) is 24.2. The van der Waals surface area contributed by atoms with Crippen molar-refractivity contribution in [2.75, 3.05) is 27.4 Å². The number of esters is 1. The summed E-state index contributed by atoms with van der Waals surface area (Å²) < 4.78 is 21.1. The van der Waals surface area contributed by atoms with E-state index < -0.39 is 18.5 Å². The van der Waals surface area contributed by atoms with E-state index in [1.165, 1.54) is 0 Å². The first-order valence-electron chi connectivity index (χ1n) is 9.78. The summed E-state index contributed by atoms with van der Waals surface area (Å²) in [6.45, 7) is 1.11. The van der Waals surface area contributed by atoms with Gasteiger partial charge in [-0.2, -0.15) is 0 Å². The average Bonchev–Trinajstić information content (AvgIpc) is 2.80. The number of hydrogen-bond donors (Lipinski definition) is 1. The molecule has 0 saturated heterocycles. The van der Waals surface area contributed by atoms with Gasteiger partial charge in [-0.15, -0.1) is 0 Å². The predicted octanol–water partition coefficient (Wildman–Crippen LogP) is 3.66. The Balaban J connectivity index is 1.48. The van der Waals surface area contributed by atoms with Crippen LogP contribution in [-0.2, 0) is 14.3 Å². The first-order chi connectivity index (χ1) is 15.0. The minimum Gasteiger partial charge on any atom is -0.497 e. The number of hydrogen-bond acceptors (Lipinski definition) is 6. The number of rotatable bonds is 9. The largest absolute Gasteiger partial charge is 0.497 e. The van der Waals surface area contributed by atoms with Crippen LogP contribution in [0, 0.1) is 0 Å². The lowest BCUT2D eigenvalue weighted by atomic mass is 10.1. The van der Waals surface area contributed by atoms with E-state index in [-0.39, 0.29) is 12.6 Å². The van der Waals surface area contributed by atoms with Gasteiger partial charge in [0.25, 0.3) is 5.91 Å². The standard InChI is InChI=1S/C24H25NO6/c1-16(21-13-19(28-2)10-11-22(21)29-3)25-23(26)14-31-24(27)15-30-20-9-8-17-6-4-5-7-18(17)12-20/h4-13,16H,14-15H2,1-3H3,(H,25,26)/t16-/m1/s1. The molecule has 0 fully saturated rings. The van der Waals surface area contributed by atoms with Gasteiger partial charge in [0.1, 0.15) is 17.2 Å². The number of amides is 1. The molecule has 0 spiro atoms. The third kappa shape index (κ3) is 5.88. The van der Waals surface area contributed by atoms with Gasteiger partial charge in [0.2, 0.25) is 0 Å². The topological polar surface area (TPSA) is 83.1 Å². The summed E-state index contributed by atoms with van der Waals surface area (Å²) in [6.07, 6.45) is 0. The van der Waals surface area contributed by atoms with Crippen molar-refractivity contribution in [3.8, 4) is 17.2 Å². The molecule has 7 heteroatoms. The molecule has 0 bridgehead atoms. The van der Waals surface area contributed by atoms with Crippen LogP contribution in [0.3, 0.4) is 0 Å². The maximum Gasteiger partial charge on any atom is 0.344 e. The minimum atomic E-state index is -0.630. The SMILES string of the molecule is COc1ccc(OC)c([C@@H](C)NC(=O)COC(=O)COc2ccc3ccccc3c2)c1. The molecule has 1 N–H and O–H groups in total. The molecular formula is C24H25NO6. The Hall–Kier alpha value is -3.74. The van der Waals surface area contributed by atoms with Crippen molar-refractivity contribution < 1.29 is 28.5 Å². The van der Waals surface area contributed by atoms with Crippen LogP contribution < -0.4 is 19.5 Å². The molecular weight excluding hydrogens is 398 g/mol. The summed E-state index contributed by atoms with van der Waals surface area (Å²) in [6, 6.07) is 18.3. The lowest BCUT2D eigenvalue weighted by Crippen LogP contribution is -2.32. The van der Waals surface area contributed by atoms with Crippen molar-refractivity contribution in [1.29, 1.82) is 0 Å². The molecule has 0 radical (unpaired) electrons. The van der Waals surface area contributed by atoms with Crippen LogP contribution in [0.15, 0.2) is 60.7 Å². The Morgan fingerprint density at radius 3 is 2.35 bits per heavy atom. The molecule has 162 valence electrons. The number of carbonyl (C=O) groups is 2. The Morgan fingerprint density at radius 2 is 1.61 bits per heavy atom. The number of fused-ring (bicyclic) bond motifs is 1. The van der Waals surface area contributed by atoms with Gasteiger partial charge in [-0.3, -0.25) is 4.79 Å². The van der Waals surface area contributed by atoms with E-state index in [4.69, 9.17) is 18.9 Å². The number of carbonyl (C=O) groups excluding carboxylic acids is 2. The lowest BCUT2D eigenvalue weighted by Gasteiger charge is -2.18. The molecule has 3 aromatic carbocycles. The minimum absolute atomic E-state index is 0.287. The molecule has 0 aliphatic carbocycles. The van der Waals surface area contributed by atoms with E-state index in [1.807, 2.05) is 36.4 Å². The zero-order chi connectivity index (χ0) is 22.2. The third-order valence-electron chi connectivity index (χ3n) is 4.72. The molecule has 0 saturated carbocycles. The van der Waals surface area contributed by atoms with E-state index in [0.29, 0.717) is 17.2 Å². The number of benzene rings is 3. The molecule has 0 aliphatic rings. The van der Waals surface area contributed by atoms with Crippen LogP contribution in [0.5, 0.6) is 17.2 Å². The molecule has 1 amide bonds. The quantitative estimate of drug-likeness (QED) is 0.529. The summed E-state index contributed by atoms with van der Waals surface area (Å²) in [5.41, 5.74) is 0.751. The fourth-order valence-electron chi connectivity index (χ4n) is 3.13. The Morgan fingerprint density at radius 1 is 0.871 bits per heavy atom. The van der Waals surface area contributed by atoms with Crippen LogP contribution >= 0.6 is 0 Å². The van der Waals surface area contributed by atoms with Crippen LogP contribution in [0.2, 0.25) is 0 Å². The Kier molecular flexibility index (Phi) is 7.32. The van der Waals surface area contributed by atoms with Gasteiger partial charge < -0.3 is 24.3 Å². The second-order valence-corrected chi connectivity index (χ2v) is 6.86. The van der Waals surface area contributed by atoms with Gasteiger partial charge in [-0.25, -0.2) is 4.79 Å². The van der Waals surface area contributed by atoms with Gasteiger partial charge in [0.15, 0.2) is 13.2 Å². The highest BCUT2D eigenvalue weighted by atomic mass is 16.6. The van der Waals surface area contributed by atoms with Gasteiger partial charge in [-0.05, 0) is 48.0 Å². The number of methoxy groups -OCH3 is 2. The summed E-state index contributed by atoms with van der Waals surface area (Å²) >= 11 is 0. The van der Waals surface area contributed by atoms with Gasteiger partial charge in [0, 0.05) is 5.56 Å². The lowest BCUT2D eigenvalue weighted by molar-refractivity contribution is -0.150. The van der Waals surface area contributed by atoms with Crippen molar-refractivity contribution in [1.82, 2.24) is 5.32 Å².